The normalized spacial score (nSPS) is 10.9. The van der Waals surface area contributed by atoms with E-state index in [-0.39, 0.29) is 5.82 Å². The van der Waals surface area contributed by atoms with Gasteiger partial charge in [0.05, 0.1) is 0 Å². The summed E-state index contributed by atoms with van der Waals surface area (Å²) >= 11 is 0. The van der Waals surface area contributed by atoms with Crippen molar-refractivity contribution in [3.63, 3.8) is 0 Å². The molecule has 0 aliphatic rings. The Morgan fingerprint density at radius 3 is 2.64 bits per heavy atom. The lowest BCUT2D eigenvalue weighted by Crippen LogP contribution is -2.00. The van der Waals surface area contributed by atoms with E-state index in [1.54, 1.807) is 12.1 Å². The number of halogens is 1. The van der Waals surface area contributed by atoms with Gasteiger partial charge in [0.1, 0.15) is 5.82 Å². The number of hydrogen-bond acceptors (Lipinski definition) is 0. The van der Waals surface area contributed by atoms with Gasteiger partial charge in [-0.2, -0.15) is 0 Å². The first-order valence-electron chi connectivity index (χ1n) is 5.23. The lowest BCUT2D eigenvalue weighted by atomic mass is 9.94. The minimum absolute atomic E-state index is 0.0651. The average molecular weight is 193 g/mol. The Labute approximate surface area is 86.2 Å². The van der Waals surface area contributed by atoms with Crippen molar-refractivity contribution in [1.82, 2.24) is 0 Å². The van der Waals surface area contributed by atoms with Crippen LogP contribution in [-0.2, 0) is 6.42 Å². The molecule has 1 rings (SSSR count). The van der Waals surface area contributed by atoms with Gasteiger partial charge in [0.2, 0.25) is 0 Å². The standard InChI is InChI=1S/C13H18F/c1-4-5-7-12-11(10(2)3)8-6-9-13(12)14/h6,8-10H,1,4-5,7H2,2-3H3. The van der Waals surface area contributed by atoms with E-state index in [0.717, 1.165) is 30.4 Å². The van der Waals surface area contributed by atoms with Crippen LogP contribution in [0.4, 0.5) is 4.39 Å². The fraction of sp³-hybridized carbons (Fsp3) is 0.462. The molecule has 1 radical (unpaired) electrons. The van der Waals surface area contributed by atoms with Crippen LogP contribution in [0.5, 0.6) is 0 Å². The third kappa shape index (κ3) is 2.57. The van der Waals surface area contributed by atoms with Gasteiger partial charge in [-0.25, -0.2) is 4.39 Å². The van der Waals surface area contributed by atoms with Crippen LogP contribution in [0.25, 0.3) is 0 Å². The van der Waals surface area contributed by atoms with Crippen molar-refractivity contribution in [3.05, 3.63) is 42.1 Å². The fourth-order valence-electron chi connectivity index (χ4n) is 1.68. The Kier molecular flexibility index (Phi) is 4.12. The van der Waals surface area contributed by atoms with E-state index in [4.69, 9.17) is 0 Å². The van der Waals surface area contributed by atoms with Gasteiger partial charge in [0, 0.05) is 0 Å². The van der Waals surface area contributed by atoms with Crippen molar-refractivity contribution in [2.24, 2.45) is 0 Å². The Hall–Kier alpha value is -0.850. The maximum Gasteiger partial charge on any atom is 0.126 e. The third-order valence-corrected chi connectivity index (χ3v) is 2.45. The Bertz CT molecular complexity index is 289. The van der Waals surface area contributed by atoms with Crippen LogP contribution in [-0.4, -0.2) is 0 Å². The topological polar surface area (TPSA) is 0 Å². The number of rotatable bonds is 4. The molecule has 0 saturated carbocycles. The maximum absolute atomic E-state index is 13.5. The number of benzene rings is 1. The molecule has 1 aromatic rings. The molecule has 0 amide bonds. The van der Waals surface area contributed by atoms with Gasteiger partial charge in [-0.15, -0.1) is 0 Å². The number of hydrogen-bond donors (Lipinski definition) is 0. The van der Waals surface area contributed by atoms with Crippen LogP contribution in [0.1, 0.15) is 43.7 Å². The van der Waals surface area contributed by atoms with Crippen molar-refractivity contribution in [2.75, 3.05) is 0 Å². The highest BCUT2D eigenvalue weighted by molar-refractivity contribution is 5.31. The Morgan fingerprint density at radius 1 is 1.36 bits per heavy atom. The molecule has 0 spiro atoms. The smallest absolute Gasteiger partial charge is 0.126 e. The van der Waals surface area contributed by atoms with Crippen molar-refractivity contribution < 1.29 is 4.39 Å². The van der Waals surface area contributed by atoms with E-state index >= 15 is 0 Å². The molecule has 77 valence electrons. The van der Waals surface area contributed by atoms with Crippen molar-refractivity contribution >= 4 is 0 Å². The van der Waals surface area contributed by atoms with E-state index in [2.05, 4.69) is 20.8 Å². The first-order chi connectivity index (χ1) is 6.66. The van der Waals surface area contributed by atoms with Crippen molar-refractivity contribution in [3.8, 4) is 0 Å². The van der Waals surface area contributed by atoms with Gasteiger partial charge < -0.3 is 0 Å². The molecule has 0 saturated heterocycles. The Balaban J connectivity index is 2.96. The van der Waals surface area contributed by atoms with Crippen LogP contribution in [0.15, 0.2) is 18.2 Å². The fourth-order valence-corrected chi connectivity index (χ4v) is 1.68. The van der Waals surface area contributed by atoms with E-state index in [0.29, 0.717) is 5.92 Å². The Morgan fingerprint density at radius 2 is 2.07 bits per heavy atom. The van der Waals surface area contributed by atoms with Gasteiger partial charge in [0.25, 0.3) is 0 Å². The molecular weight excluding hydrogens is 175 g/mol. The highest BCUT2D eigenvalue weighted by Crippen LogP contribution is 2.23. The van der Waals surface area contributed by atoms with E-state index in [1.807, 2.05) is 6.07 Å². The zero-order valence-corrected chi connectivity index (χ0v) is 9.02. The molecule has 1 heteroatoms. The third-order valence-electron chi connectivity index (χ3n) is 2.45. The minimum Gasteiger partial charge on any atom is -0.207 e. The van der Waals surface area contributed by atoms with E-state index in [1.165, 1.54) is 0 Å². The monoisotopic (exact) mass is 193 g/mol. The molecule has 0 fully saturated rings. The molecule has 0 unspecified atom stereocenters. The largest absolute Gasteiger partial charge is 0.207 e. The van der Waals surface area contributed by atoms with Gasteiger partial charge in [-0.1, -0.05) is 39.3 Å². The van der Waals surface area contributed by atoms with Gasteiger partial charge in [-0.3, -0.25) is 0 Å². The second-order valence-electron chi connectivity index (χ2n) is 3.92. The van der Waals surface area contributed by atoms with E-state index in [9.17, 15) is 4.39 Å². The lowest BCUT2D eigenvalue weighted by Gasteiger charge is -2.13. The summed E-state index contributed by atoms with van der Waals surface area (Å²) in [6.45, 7) is 7.98. The average Bonchev–Trinajstić information content (AvgIpc) is 2.15. The molecule has 0 aliphatic heterocycles. The van der Waals surface area contributed by atoms with Gasteiger partial charge in [-0.05, 0) is 36.0 Å². The molecule has 0 nitrogen and oxygen atoms in total. The quantitative estimate of drug-likeness (QED) is 0.675. The van der Waals surface area contributed by atoms with Crippen LogP contribution < -0.4 is 0 Å². The van der Waals surface area contributed by atoms with Crippen molar-refractivity contribution in [1.29, 1.82) is 0 Å². The predicted molar refractivity (Wildman–Crippen MR) is 58.8 cm³/mol. The molecule has 0 bridgehead atoms. The highest BCUT2D eigenvalue weighted by atomic mass is 19.1. The molecular formula is C13H18F. The summed E-state index contributed by atoms with van der Waals surface area (Å²) in [7, 11) is 0. The van der Waals surface area contributed by atoms with Gasteiger partial charge >= 0.3 is 0 Å². The first kappa shape index (κ1) is 11.2. The second-order valence-corrected chi connectivity index (χ2v) is 3.92. The first-order valence-corrected chi connectivity index (χ1v) is 5.23. The molecule has 0 heterocycles. The summed E-state index contributed by atoms with van der Waals surface area (Å²) in [6, 6.07) is 5.36. The van der Waals surface area contributed by atoms with Crippen molar-refractivity contribution in [2.45, 2.75) is 39.0 Å². The van der Waals surface area contributed by atoms with Crippen LogP contribution in [0, 0.1) is 12.7 Å². The molecule has 14 heavy (non-hydrogen) atoms. The number of unbranched alkanes of at least 4 members (excludes halogenated alkanes) is 1. The van der Waals surface area contributed by atoms with E-state index < -0.39 is 0 Å². The zero-order valence-electron chi connectivity index (χ0n) is 9.02. The summed E-state index contributed by atoms with van der Waals surface area (Å²) in [5, 5.41) is 0. The summed E-state index contributed by atoms with van der Waals surface area (Å²) in [6.07, 6.45) is 2.64. The summed E-state index contributed by atoms with van der Waals surface area (Å²) in [5.41, 5.74) is 2.02. The predicted octanol–water partition coefficient (Wildman–Crippen LogP) is 4.11. The lowest BCUT2D eigenvalue weighted by molar-refractivity contribution is 0.597. The summed E-state index contributed by atoms with van der Waals surface area (Å²) in [4.78, 5) is 0. The van der Waals surface area contributed by atoms with Gasteiger partial charge in [0.15, 0.2) is 0 Å². The SMILES string of the molecule is [CH2]CCCc1c(F)cccc1C(C)C. The molecule has 1 aromatic carbocycles. The summed E-state index contributed by atoms with van der Waals surface area (Å²) < 4.78 is 13.5. The zero-order chi connectivity index (χ0) is 10.6. The minimum atomic E-state index is -0.0651. The maximum atomic E-state index is 13.5. The van der Waals surface area contributed by atoms with Crippen LogP contribution in [0.3, 0.4) is 0 Å². The van der Waals surface area contributed by atoms with Crippen LogP contribution in [0.2, 0.25) is 0 Å². The molecule has 0 N–H and O–H groups in total. The summed E-state index contributed by atoms with van der Waals surface area (Å²) in [5.74, 6) is 0.329. The van der Waals surface area contributed by atoms with Crippen LogP contribution >= 0.6 is 0 Å². The molecule has 0 atom stereocenters. The highest BCUT2D eigenvalue weighted by Gasteiger charge is 2.09. The second kappa shape index (κ2) is 5.14. The molecule has 0 aromatic heterocycles. The molecule has 0 aliphatic carbocycles.